The number of aromatic nitrogens is 4. The Kier molecular flexibility index (Phi) is 8.02. The smallest absolute Gasteiger partial charge is 0.313 e. The van der Waals surface area contributed by atoms with Gasteiger partial charge in [0, 0.05) is 5.39 Å². The minimum absolute atomic E-state index is 0.0874. The quantitative estimate of drug-likeness (QED) is 0.254. The van der Waals surface area contributed by atoms with Crippen LogP contribution in [-0.2, 0) is 4.57 Å². The van der Waals surface area contributed by atoms with Crippen LogP contribution in [0.3, 0.4) is 0 Å². The van der Waals surface area contributed by atoms with Crippen LogP contribution in [0, 0.1) is 0 Å². The average molecular weight is 464 g/mol. The Balaban J connectivity index is 0.000000157. The maximum Gasteiger partial charge on any atom is 0.339 e. The van der Waals surface area contributed by atoms with E-state index in [1.165, 1.54) is 12.7 Å². The SMILES string of the molecule is Clc1ncnc2ccccc12.O=P(Cl)(Cl)Cl.O=c1[nH]cnc2ccccc12. The first kappa shape index (κ1) is 21.6. The third-order valence-electron chi connectivity index (χ3n) is 3.04. The van der Waals surface area contributed by atoms with Crippen LogP contribution in [0.5, 0.6) is 0 Å². The Morgan fingerprint density at radius 3 is 1.89 bits per heavy atom. The van der Waals surface area contributed by atoms with Crippen LogP contribution in [-0.4, -0.2) is 19.9 Å². The Morgan fingerprint density at radius 1 is 0.815 bits per heavy atom. The molecule has 0 unspecified atom stereocenters. The fourth-order valence-corrected chi connectivity index (χ4v) is 2.19. The summed E-state index contributed by atoms with van der Waals surface area (Å²) in [6, 6.07) is 14.9. The molecule has 2 aromatic carbocycles. The van der Waals surface area contributed by atoms with Crippen molar-refractivity contribution >= 4 is 72.3 Å². The lowest BCUT2D eigenvalue weighted by molar-refractivity contribution is 0.600. The number of halogens is 4. The van der Waals surface area contributed by atoms with Crippen molar-refractivity contribution in [3.05, 3.63) is 76.7 Å². The lowest BCUT2D eigenvalue weighted by atomic mass is 10.2. The van der Waals surface area contributed by atoms with Gasteiger partial charge in [-0.25, -0.2) is 15.0 Å². The molecular formula is C16H11Cl4N4O2P. The van der Waals surface area contributed by atoms with E-state index < -0.39 is 5.20 Å². The van der Waals surface area contributed by atoms with Crippen molar-refractivity contribution in [2.75, 3.05) is 0 Å². The molecule has 0 bridgehead atoms. The highest BCUT2D eigenvalue weighted by Gasteiger charge is 2.03. The highest BCUT2D eigenvalue weighted by molar-refractivity contribution is 8.24. The third-order valence-corrected chi connectivity index (χ3v) is 3.34. The van der Waals surface area contributed by atoms with Crippen LogP contribution < -0.4 is 5.56 Å². The van der Waals surface area contributed by atoms with Crippen LogP contribution in [0.4, 0.5) is 0 Å². The minimum atomic E-state index is -3.22. The Bertz CT molecular complexity index is 1130. The van der Waals surface area contributed by atoms with Crippen LogP contribution >= 0.6 is 50.5 Å². The van der Waals surface area contributed by atoms with Gasteiger partial charge in [-0.2, -0.15) is 0 Å². The second kappa shape index (κ2) is 10.0. The van der Waals surface area contributed by atoms with E-state index >= 15 is 0 Å². The van der Waals surface area contributed by atoms with Crippen LogP contribution in [0.1, 0.15) is 0 Å². The zero-order valence-corrected chi connectivity index (χ0v) is 17.3. The molecule has 0 radical (unpaired) electrons. The molecule has 6 nitrogen and oxygen atoms in total. The molecule has 0 amide bonds. The number of nitrogens with one attached hydrogen (secondary N) is 1. The maximum atomic E-state index is 11.1. The van der Waals surface area contributed by atoms with Gasteiger partial charge in [-0.1, -0.05) is 35.9 Å². The van der Waals surface area contributed by atoms with Crippen molar-refractivity contribution in [1.29, 1.82) is 0 Å². The molecule has 2 aromatic heterocycles. The van der Waals surface area contributed by atoms with E-state index in [2.05, 4.69) is 53.7 Å². The van der Waals surface area contributed by atoms with Crippen LogP contribution in [0.25, 0.3) is 21.8 Å². The summed E-state index contributed by atoms with van der Waals surface area (Å²) in [5.74, 6) is 0. The van der Waals surface area contributed by atoms with Crippen molar-refractivity contribution < 1.29 is 4.57 Å². The van der Waals surface area contributed by atoms with Gasteiger partial charge >= 0.3 is 5.20 Å². The number of fused-ring (bicyclic) bond motifs is 2. The van der Waals surface area contributed by atoms with E-state index in [-0.39, 0.29) is 5.56 Å². The summed E-state index contributed by atoms with van der Waals surface area (Å²) in [5, 5.41) is -1.18. The summed E-state index contributed by atoms with van der Waals surface area (Å²) in [6.45, 7) is 0. The first-order chi connectivity index (χ1) is 12.8. The first-order valence-corrected chi connectivity index (χ1v) is 12.0. The lowest BCUT2D eigenvalue weighted by Gasteiger charge is -1.95. The zero-order chi connectivity index (χ0) is 19.9. The summed E-state index contributed by atoms with van der Waals surface area (Å²) in [5.41, 5.74) is 1.53. The fraction of sp³-hybridized carbons (Fsp3) is 0. The van der Waals surface area contributed by atoms with Gasteiger partial charge in [0.2, 0.25) is 0 Å². The summed E-state index contributed by atoms with van der Waals surface area (Å²) >= 11 is 19.7. The Labute approximate surface area is 173 Å². The molecule has 0 atom stereocenters. The van der Waals surface area contributed by atoms with Crippen molar-refractivity contribution in [2.24, 2.45) is 0 Å². The van der Waals surface area contributed by atoms with Gasteiger partial charge in [-0.05, 0) is 58.0 Å². The minimum Gasteiger partial charge on any atom is -0.313 e. The van der Waals surface area contributed by atoms with Gasteiger partial charge in [0.25, 0.3) is 5.56 Å². The topological polar surface area (TPSA) is 88.6 Å². The molecule has 4 aromatic rings. The van der Waals surface area contributed by atoms with Crippen molar-refractivity contribution in [3.8, 4) is 0 Å². The predicted octanol–water partition coefficient (Wildman–Crippen LogP) is 6.02. The molecule has 140 valence electrons. The molecule has 0 spiro atoms. The number of hydrogen-bond donors (Lipinski definition) is 1. The molecule has 0 aliphatic rings. The fourth-order valence-electron chi connectivity index (χ4n) is 1.99. The molecule has 0 saturated carbocycles. The van der Waals surface area contributed by atoms with Crippen molar-refractivity contribution in [2.45, 2.75) is 0 Å². The van der Waals surface area contributed by atoms with E-state index in [0.29, 0.717) is 10.5 Å². The van der Waals surface area contributed by atoms with Crippen LogP contribution in [0.2, 0.25) is 5.15 Å². The molecule has 0 aliphatic heterocycles. The number of H-pyrrole nitrogens is 1. The number of nitrogens with zero attached hydrogens (tertiary/aromatic N) is 3. The Morgan fingerprint density at radius 2 is 1.33 bits per heavy atom. The van der Waals surface area contributed by atoms with E-state index in [0.717, 1.165) is 16.4 Å². The summed E-state index contributed by atoms with van der Waals surface area (Å²) < 4.78 is 9.51. The molecule has 1 N–H and O–H groups in total. The van der Waals surface area contributed by atoms with Gasteiger partial charge in [-0.15, -0.1) is 0 Å². The third kappa shape index (κ3) is 7.45. The number of benzene rings is 2. The molecule has 27 heavy (non-hydrogen) atoms. The van der Waals surface area contributed by atoms with E-state index in [9.17, 15) is 9.36 Å². The first-order valence-electron chi connectivity index (χ1n) is 7.22. The lowest BCUT2D eigenvalue weighted by Crippen LogP contribution is -2.05. The monoisotopic (exact) mass is 462 g/mol. The number of hydrogen-bond acceptors (Lipinski definition) is 5. The molecule has 0 aliphatic carbocycles. The zero-order valence-electron chi connectivity index (χ0n) is 13.4. The maximum absolute atomic E-state index is 11.1. The van der Waals surface area contributed by atoms with Crippen molar-refractivity contribution in [1.82, 2.24) is 19.9 Å². The van der Waals surface area contributed by atoms with Gasteiger partial charge < -0.3 is 4.98 Å². The predicted molar refractivity (Wildman–Crippen MR) is 112 cm³/mol. The van der Waals surface area contributed by atoms with Gasteiger partial charge in [0.05, 0.1) is 22.7 Å². The number of rotatable bonds is 0. The Hall–Kier alpha value is -1.69. The molecule has 11 heteroatoms. The highest BCUT2D eigenvalue weighted by atomic mass is 36.0. The summed E-state index contributed by atoms with van der Waals surface area (Å²) in [6.07, 6.45) is 2.87. The molecule has 4 rings (SSSR count). The summed E-state index contributed by atoms with van der Waals surface area (Å²) in [7, 11) is 0. The normalized spacial score (nSPS) is 10.5. The second-order valence-corrected chi connectivity index (χ2v) is 11.8. The molecule has 2 heterocycles. The second-order valence-electron chi connectivity index (χ2n) is 4.83. The number of aromatic amines is 1. The van der Waals surface area contributed by atoms with E-state index in [4.69, 9.17) is 11.6 Å². The van der Waals surface area contributed by atoms with E-state index in [1.54, 1.807) is 6.07 Å². The molecule has 0 saturated heterocycles. The average Bonchev–Trinajstić information content (AvgIpc) is 2.62. The van der Waals surface area contributed by atoms with Gasteiger partial charge in [0.15, 0.2) is 0 Å². The van der Waals surface area contributed by atoms with Gasteiger partial charge in [-0.3, -0.25) is 9.36 Å². The van der Waals surface area contributed by atoms with Gasteiger partial charge in [0.1, 0.15) is 11.5 Å². The highest BCUT2D eigenvalue weighted by Crippen LogP contribution is 2.61. The molecule has 0 fully saturated rings. The largest absolute Gasteiger partial charge is 0.339 e. The standard InChI is InChI=1S/C8H5ClN2.C8H6N2O.Cl3OP/c9-8-6-3-1-2-4-7(6)10-5-11-8;11-8-6-3-1-2-4-7(6)9-5-10-8;1-5(2,3)4/h1-5H;1-5H,(H,9,10,11);. The van der Waals surface area contributed by atoms with Crippen molar-refractivity contribution in [3.63, 3.8) is 0 Å². The molecular weight excluding hydrogens is 453 g/mol. The van der Waals surface area contributed by atoms with Crippen LogP contribution in [0.15, 0.2) is 66.0 Å². The number of para-hydroxylation sites is 2. The summed E-state index contributed by atoms with van der Waals surface area (Å²) in [4.78, 5) is 25.5. The van der Waals surface area contributed by atoms with E-state index in [1.807, 2.05) is 42.5 Å².